The van der Waals surface area contributed by atoms with Gasteiger partial charge in [-0.25, -0.2) is 4.79 Å². The highest BCUT2D eigenvalue weighted by Gasteiger charge is 2.34. The van der Waals surface area contributed by atoms with E-state index in [9.17, 15) is 9.59 Å². The molecule has 2 amide bonds. The van der Waals surface area contributed by atoms with Crippen molar-refractivity contribution in [1.82, 2.24) is 10.6 Å². The van der Waals surface area contributed by atoms with Gasteiger partial charge in [-0.05, 0) is 19.3 Å². The molecule has 80 valence electrons. The van der Waals surface area contributed by atoms with Crippen LogP contribution in [0.4, 0.5) is 4.79 Å². The van der Waals surface area contributed by atoms with Crippen LogP contribution < -0.4 is 10.6 Å². The number of nitrogens with one attached hydrogen (secondary N) is 2. The average Bonchev–Trinajstić information content (AvgIpc) is 2.06. The molecule has 0 heterocycles. The summed E-state index contributed by atoms with van der Waals surface area (Å²) < 4.78 is 0. The second-order valence-corrected chi connectivity index (χ2v) is 3.61. The first kappa shape index (κ1) is 10.8. The van der Waals surface area contributed by atoms with Crippen LogP contribution in [0, 0.1) is 5.92 Å². The van der Waals surface area contributed by atoms with Crippen molar-refractivity contribution in [2.24, 2.45) is 5.92 Å². The molecule has 0 saturated heterocycles. The van der Waals surface area contributed by atoms with Crippen molar-refractivity contribution in [3.05, 3.63) is 0 Å². The van der Waals surface area contributed by atoms with Gasteiger partial charge >= 0.3 is 6.09 Å². The molecule has 14 heavy (non-hydrogen) atoms. The van der Waals surface area contributed by atoms with E-state index in [0.717, 1.165) is 6.42 Å². The first-order valence-corrected chi connectivity index (χ1v) is 4.90. The van der Waals surface area contributed by atoms with Crippen LogP contribution in [-0.4, -0.2) is 29.7 Å². The highest BCUT2D eigenvalue weighted by molar-refractivity contribution is 5.80. The minimum absolute atomic E-state index is 0.00148. The van der Waals surface area contributed by atoms with Crippen molar-refractivity contribution in [3.63, 3.8) is 0 Å². The standard InChI is InChI=1S/C9H16N2O3/c1-2-3-10-8(12)6-4-7(5-6)11-9(13)14/h6-7,11H,2-5H2,1H3,(H,10,12)(H,13,14). The molecule has 3 N–H and O–H groups in total. The molecule has 0 aromatic carbocycles. The molecule has 5 nitrogen and oxygen atoms in total. The highest BCUT2D eigenvalue weighted by Crippen LogP contribution is 2.27. The third kappa shape index (κ3) is 2.90. The molecular formula is C9H16N2O3. The topological polar surface area (TPSA) is 78.4 Å². The zero-order valence-corrected chi connectivity index (χ0v) is 8.25. The number of hydrogen-bond acceptors (Lipinski definition) is 2. The summed E-state index contributed by atoms with van der Waals surface area (Å²) in [6.45, 7) is 2.70. The molecule has 1 rings (SSSR count). The fraction of sp³-hybridized carbons (Fsp3) is 0.778. The molecule has 5 heteroatoms. The van der Waals surface area contributed by atoms with Crippen molar-refractivity contribution in [1.29, 1.82) is 0 Å². The summed E-state index contributed by atoms with van der Waals surface area (Å²) in [4.78, 5) is 21.6. The van der Waals surface area contributed by atoms with E-state index in [1.54, 1.807) is 0 Å². The van der Waals surface area contributed by atoms with Crippen molar-refractivity contribution in [2.75, 3.05) is 6.54 Å². The van der Waals surface area contributed by atoms with Gasteiger partial charge in [-0.15, -0.1) is 0 Å². The molecule has 1 aliphatic rings. The van der Waals surface area contributed by atoms with Gasteiger partial charge in [-0.1, -0.05) is 6.92 Å². The van der Waals surface area contributed by atoms with E-state index >= 15 is 0 Å². The van der Waals surface area contributed by atoms with Crippen LogP contribution in [0.25, 0.3) is 0 Å². The number of carbonyl (C=O) groups is 2. The summed E-state index contributed by atoms with van der Waals surface area (Å²) in [6.07, 6.45) is 1.17. The molecule has 0 spiro atoms. The van der Waals surface area contributed by atoms with E-state index in [2.05, 4.69) is 10.6 Å². The molecular weight excluding hydrogens is 184 g/mol. The van der Waals surface area contributed by atoms with E-state index in [4.69, 9.17) is 5.11 Å². The molecule has 0 aliphatic heterocycles. The number of rotatable bonds is 4. The summed E-state index contributed by atoms with van der Waals surface area (Å²) in [5.74, 6) is 0.0497. The summed E-state index contributed by atoms with van der Waals surface area (Å²) in [6, 6.07) is -0.0372. The molecule has 1 aliphatic carbocycles. The van der Waals surface area contributed by atoms with Crippen LogP contribution in [0.1, 0.15) is 26.2 Å². The fourth-order valence-electron chi connectivity index (χ4n) is 1.52. The molecule has 0 bridgehead atoms. The zero-order chi connectivity index (χ0) is 10.6. The Morgan fingerprint density at radius 2 is 2.07 bits per heavy atom. The van der Waals surface area contributed by atoms with Crippen LogP contribution in [-0.2, 0) is 4.79 Å². The van der Waals surface area contributed by atoms with Crippen LogP contribution in [0.15, 0.2) is 0 Å². The Labute approximate surface area is 82.9 Å². The van der Waals surface area contributed by atoms with Gasteiger partial charge in [0.05, 0.1) is 0 Å². The van der Waals surface area contributed by atoms with E-state index in [-0.39, 0.29) is 17.9 Å². The molecule has 0 unspecified atom stereocenters. The maximum Gasteiger partial charge on any atom is 0.404 e. The van der Waals surface area contributed by atoms with Gasteiger partial charge in [0, 0.05) is 18.5 Å². The van der Waals surface area contributed by atoms with Gasteiger partial charge in [0.2, 0.25) is 5.91 Å². The van der Waals surface area contributed by atoms with Crippen LogP contribution in [0.2, 0.25) is 0 Å². The van der Waals surface area contributed by atoms with Gasteiger partial charge in [0.25, 0.3) is 0 Å². The van der Waals surface area contributed by atoms with Gasteiger partial charge in [-0.3, -0.25) is 4.79 Å². The summed E-state index contributed by atoms with van der Waals surface area (Å²) in [5, 5.41) is 13.6. The Morgan fingerprint density at radius 1 is 1.43 bits per heavy atom. The van der Waals surface area contributed by atoms with Gasteiger partial charge < -0.3 is 15.7 Å². The fourth-order valence-corrected chi connectivity index (χ4v) is 1.52. The molecule has 0 radical (unpaired) electrons. The Hall–Kier alpha value is -1.26. The van der Waals surface area contributed by atoms with Crippen molar-refractivity contribution >= 4 is 12.0 Å². The summed E-state index contributed by atoms with van der Waals surface area (Å²) in [5.41, 5.74) is 0. The summed E-state index contributed by atoms with van der Waals surface area (Å²) in [7, 11) is 0. The Bertz CT molecular complexity index is 224. The maximum absolute atomic E-state index is 11.3. The monoisotopic (exact) mass is 200 g/mol. The smallest absolute Gasteiger partial charge is 0.404 e. The van der Waals surface area contributed by atoms with Crippen molar-refractivity contribution < 1.29 is 14.7 Å². The summed E-state index contributed by atoms with van der Waals surface area (Å²) >= 11 is 0. The highest BCUT2D eigenvalue weighted by atomic mass is 16.4. The molecule has 1 saturated carbocycles. The quantitative estimate of drug-likeness (QED) is 0.620. The van der Waals surface area contributed by atoms with Gasteiger partial charge in [0.1, 0.15) is 0 Å². The van der Waals surface area contributed by atoms with E-state index in [1.165, 1.54) is 0 Å². The second kappa shape index (κ2) is 4.83. The van der Waals surface area contributed by atoms with Crippen LogP contribution in [0.5, 0.6) is 0 Å². The third-order valence-corrected chi connectivity index (χ3v) is 2.39. The second-order valence-electron chi connectivity index (χ2n) is 3.61. The minimum atomic E-state index is -1.01. The van der Waals surface area contributed by atoms with Gasteiger partial charge in [0.15, 0.2) is 0 Å². The van der Waals surface area contributed by atoms with Crippen molar-refractivity contribution in [3.8, 4) is 0 Å². The maximum atomic E-state index is 11.3. The predicted octanol–water partition coefficient (Wildman–Crippen LogP) is 0.559. The Balaban J connectivity index is 2.14. The SMILES string of the molecule is CCCNC(=O)C1CC(NC(=O)O)C1. The molecule has 0 aromatic heterocycles. The number of carbonyl (C=O) groups excluding carboxylic acids is 1. The molecule has 0 aromatic rings. The zero-order valence-electron chi connectivity index (χ0n) is 8.25. The largest absolute Gasteiger partial charge is 0.465 e. The normalized spacial score (nSPS) is 24.9. The van der Waals surface area contributed by atoms with Gasteiger partial charge in [-0.2, -0.15) is 0 Å². The number of carboxylic acid groups (broad SMARTS) is 1. The van der Waals surface area contributed by atoms with E-state index in [1.807, 2.05) is 6.92 Å². The first-order chi connectivity index (χ1) is 6.63. The first-order valence-electron chi connectivity index (χ1n) is 4.90. The Kier molecular flexibility index (Phi) is 3.73. The lowest BCUT2D eigenvalue weighted by atomic mass is 9.79. The van der Waals surface area contributed by atoms with Crippen LogP contribution >= 0.6 is 0 Å². The number of hydrogen-bond donors (Lipinski definition) is 3. The lowest BCUT2D eigenvalue weighted by molar-refractivity contribution is -0.128. The van der Waals surface area contributed by atoms with Crippen LogP contribution in [0.3, 0.4) is 0 Å². The predicted molar refractivity (Wildman–Crippen MR) is 51.0 cm³/mol. The third-order valence-electron chi connectivity index (χ3n) is 2.39. The average molecular weight is 200 g/mol. The van der Waals surface area contributed by atoms with Crippen molar-refractivity contribution in [2.45, 2.75) is 32.2 Å². The number of amides is 2. The lowest BCUT2D eigenvalue weighted by Gasteiger charge is -2.33. The Morgan fingerprint density at radius 3 is 2.57 bits per heavy atom. The molecule has 0 atom stereocenters. The van der Waals surface area contributed by atoms with E-state index in [0.29, 0.717) is 19.4 Å². The molecule has 1 fully saturated rings. The lowest BCUT2D eigenvalue weighted by Crippen LogP contribution is -2.49. The minimum Gasteiger partial charge on any atom is -0.465 e. The van der Waals surface area contributed by atoms with E-state index < -0.39 is 6.09 Å².